The lowest BCUT2D eigenvalue weighted by Gasteiger charge is -2.12. The first-order chi connectivity index (χ1) is 14.1. The predicted molar refractivity (Wildman–Crippen MR) is 116 cm³/mol. The fraction of sp³-hybridized carbons (Fsp3) is 0. The van der Waals surface area contributed by atoms with Gasteiger partial charge in [0, 0.05) is 5.56 Å². The van der Waals surface area contributed by atoms with E-state index in [2.05, 4.69) is 14.7 Å². The van der Waals surface area contributed by atoms with E-state index >= 15 is 0 Å². The number of para-hydroxylation sites is 3. The molecular formula is C23H17N3O2S. The Bertz CT molecular complexity index is 1420. The predicted octanol–water partition coefficient (Wildman–Crippen LogP) is 5.18. The molecule has 0 amide bonds. The summed E-state index contributed by atoms with van der Waals surface area (Å²) in [6.07, 6.45) is 0. The fourth-order valence-electron chi connectivity index (χ4n) is 3.40. The van der Waals surface area contributed by atoms with Crippen LogP contribution in [0.3, 0.4) is 0 Å². The van der Waals surface area contributed by atoms with Crippen LogP contribution in [0.4, 0.5) is 5.69 Å². The molecule has 0 atom stereocenters. The number of sulfonamides is 1. The summed E-state index contributed by atoms with van der Waals surface area (Å²) in [7, 11) is -3.76. The average Bonchev–Trinajstić information content (AvgIpc) is 3.17. The molecular weight excluding hydrogens is 382 g/mol. The highest BCUT2D eigenvalue weighted by molar-refractivity contribution is 7.92. The van der Waals surface area contributed by atoms with Gasteiger partial charge in [-0.1, -0.05) is 54.6 Å². The number of aromatic amines is 1. The molecule has 0 saturated heterocycles. The smallest absolute Gasteiger partial charge is 0.261 e. The highest BCUT2D eigenvalue weighted by atomic mass is 32.2. The summed E-state index contributed by atoms with van der Waals surface area (Å²) in [6, 6.07) is 27.7. The van der Waals surface area contributed by atoms with Gasteiger partial charge in [0.25, 0.3) is 10.0 Å². The number of hydrogen-bond acceptors (Lipinski definition) is 3. The van der Waals surface area contributed by atoms with Gasteiger partial charge < -0.3 is 4.98 Å². The maximum Gasteiger partial charge on any atom is 0.261 e. The zero-order valence-electron chi connectivity index (χ0n) is 15.3. The van der Waals surface area contributed by atoms with Crippen molar-refractivity contribution in [1.82, 2.24) is 9.97 Å². The number of aromatic nitrogens is 2. The van der Waals surface area contributed by atoms with E-state index in [0.717, 1.165) is 21.8 Å². The summed E-state index contributed by atoms with van der Waals surface area (Å²) in [5.41, 5.74) is 2.89. The molecule has 0 unspecified atom stereocenters. The Morgan fingerprint density at radius 1 is 0.759 bits per heavy atom. The van der Waals surface area contributed by atoms with Gasteiger partial charge in [-0.2, -0.15) is 0 Å². The van der Waals surface area contributed by atoms with E-state index in [9.17, 15) is 8.42 Å². The second kappa shape index (κ2) is 6.76. The van der Waals surface area contributed by atoms with Crippen LogP contribution in [0.1, 0.15) is 0 Å². The average molecular weight is 399 g/mol. The molecule has 0 fully saturated rings. The molecule has 142 valence electrons. The number of nitrogens with one attached hydrogen (secondary N) is 2. The topological polar surface area (TPSA) is 74.8 Å². The molecule has 0 aliphatic heterocycles. The molecule has 0 saturated carbocycles. The van der Waals surface area contributed by atoms with Crippen LogP contribution in [0.2, 0.25) is 0 Å². The summed E-state index contributed by atoms with van der Waals surface area (Å²) in [6.45, 7) is 0. The zero-order chi connectivity index (χ0) is 19.8. The quantitative estimate of drug-likeness (QED) is 0.437. The van der Waals surface area contributed by atoms with Gasteiger partial charge in [0.1, 0.15) is 5.82 Å². The van der Waals surface area contributed by atoms with Crippen molar-refractivity contribution in [2.75, 3.05) is 4.72 Å². The van der Waals surface area contributed by atoms with Crippen molar-refractivity contribution in [2.45, 2.75) is 4.90 Å². The van der Waals surface area contributed by atoms with Crippen LogP contribution in [0.25, 0.3) is 33.2 Å². The van der Waals surface area contributed by atoms with Crippen molar-refractivity contribution in [3.05, 3.63) is 91.0 Å². The minimum Gasteiger partial charge on any atom is -0.338 e. The second-order valence-electron chi connectivity index (χ2n) is 6.76. The van der Waals surface area contributed by atoms with Crippen molar-refractivity contribution in [3.63, 3.8) is 0 Å². The molecule has 4 aromatic carbocycles. The SMILES string of the molecule is O=S(=O)(Nc1ccccc1-c1nc2ccccc2[nH]1)c1ccc2ccccc2c1. The lowest BCUT2D eigenvalue weighted by atomic mass is 10.1. The van der Waals surface area contributed by atoms with Crippen LogP contribution in [0.5, 0.6) is 0 Å². The number of fused-ring (bicyclic) bond motifs is 2. The number of benzene rings is 4. The van der Waals surface area contributed by atoms with E-state index in [4.69, 9.17) is 0 Å². The zero-order valence-corrected chi connectivity index (χ0v) is 16.1. The minimum atomic E-state index is -3.76. The fourth-order valence-corrected chi connectivity index (χ4v) is 4.51. The van der Waals surface area contributed by atoms with E-state index in [0.29, 0.717) is 17.1 Å². The third-order valence-electron chi connectivity index (χ3n) is 4.85. The Morgan fingerprint density at radius 2 is 1.48 bits per heavy atom. The van der Waals surface area contributed by atoms with E-state index in [1.807, 2.05) is 66.7 Å². The van der Waals surface area contributed by atoms with Gasteiger partial charge in [-0.25, -0.2) is 13.4 Å². The molecule has 0 radical (unpaired) electrons. The Morgan fingerprint density at radius 3 is 2.34 bits per heavy atom. The maximum atomic E-state index is 13.1. The molecule has 1 heterocycles. The van der Waals surface area contributed by atoms with Crippen LogP contribution in [0, 0.1) is 0 Å². The van der Waals surface area contributed by atoms with Gasteiger partial charge in [-0.3, -0.25) is 4.72 Å². The molecule has 6 heteroatoms. The lowest BCUT2D eigenvalue weighted by Crippen LogP contribution is -2.13. The number of H-pyrrole nitrogens is 1. The van der Waals surface area contributed by atoms with E-state index in [1.54, 1.807) is 24.3 Å². The standard InChI is InChI=1S/C23H17N3O2S/c27-29(28,18-14-13-16-7-1-2-8-17(16)15-18)26-20-10-4-3-9-19(20)23-24-21-11-5-6-12-22(21)25-23/h1-15,26H,(H,24,25). The summed E-state index contributed by atoms with van der Waals surface area (Å²) >= 11 is 0. The number of rotatable bonds is 4. The summed E-state index contributed by atoms with van der Waals surface area (Å²) < 4.78 is 28.8. The molecule has 5 rings (SSSR count). The van der Waals surface area contributed by atoms with Crippen LogP contribution in [0.15, 0.2) is 95.9 Å². The molecule has 1 aromatic heterocycles. The third-order valence-corrected chi connectivity index (χ3v) is 6.21. The second-order valence-corrected chi connectivity index (χ2v) is 8.45. The first-order valence-electron chi connectivity index (χ1n) is 9.16. The molecule has 0 bridgehead atoms. The first-order valence-corrected chi connectivity index (χ1v) is 10.6. The van der Waals surface area contributed by atoms with Crippen molar-refractivity contribution in [1.29, 1.82) is 0 Å². The molecule has 0 aliphatic rings. The normalized spacial score (nSPS) is 11.7. The van der Waals surface area contributed by atoms with Crippen molar-refractivity contribution in [2.24, 2.45) is 0 Å². The molecule has 2 N–H and O–H groups in total. The van der Waals surface area contributed by atoms with Crippen LogP contribution in [-0.4, -0.2) is 18.4 Å². The summed E-state index contributed by atoms with van der Waals surface area (Å²) in [4.78, 5) is 8.07. The monoisotopic (exact) mass is 399 g/mol. The van der Waals surface area contributed by atoms with Crippen molar-refractivity contribution in [3.8, 4) is 11.4 Å². The van der Waals surface area contributed by atoms with Gasteiger partial charge in [0.15, 0.2) is 0 Å². The third kappa shape index (κ3) is 3.23. The number of nitrogens with zero attached hydrogens (tertiary/aromatic N) is 1. The lowest BCUT2D eigenvalue weighted by molar-refractivity contribution is 0.601. The number of imidazole rings is 1. The van der Waals surface area contributed by atoms with Crippen LogP contribution < -0.4 is 4.72 Å². The molecule has 29 heavy (non-hydrogen) atoms. The largest absolute Gasteiger partial charge is 0.338 e. The van der Waals surface area contributed by atoms with Crippen molar-refractivity contribution >= 4 is 37.5 Å². The van der Waals surface area contributed by atoms with Crippen molar-refractivity contribution < 1.29 is 8.42 Å². The Labute approximate surface area is 168 Å². The summed E-state index contributed by atoms with van der Waals surface area (Å²) in [5.74, 6) is 0.614. The van der Waals surface area contributed by atoms with Gasteiger partial charge in [-0.15, -0.1) is 0 Å². The molecule has 0 aliphatic carbocycles. The number of anilines is 1. The van der Waals surface area contributed by atoms with Gasteiger partial charge >= 0.3 is 0 Å². The first kappa shape index (κ1) is 17.5. The maximum absolute atomic E-state index is 13.1. The van der Waals surface area contributed by atoms with Crippen LogP contribution in [-0.2, 0) is 10.0 Å². The van der Waals surface area contributed by atoms with E-state index < -0.39 is 10.0 Å². The van der Waals surface area contributed by atoms with E-state index in [1.165, 1.54) is 0 Å². The van der Waals surface area contributed by atoms with Gasteiger partial charge in [-0.05, 0) is 47.2 Å². The Balaban J connectivity index is 1.56. The van der Waals surface area contributed by atoms with Gasteiger partial charge in [0.05, 0.1) is 21.6 Å². The highest BCUT2D eigenvalue weighted by Crippen LogP contribution is 2.30. The Hall–Kier alpha value is -3.64. The van der Waals surface area contributed by atoms with Gasteiger partial charge in [0.2, 0.25) is 0 Å². The summed E-state index contributed by atoms with van der Waals surface area (Å²) in [5, 5.41) is 1.87. The molecule has 5 aromatic rings. The molecule has 0 spiro atoms. The minimum absolute atomic E-state index is 0.218. The number of hydrogen-bond donors (Lipinski definition) is 2. The van der Waals surface area contributed by atoms with Crippen LogP contribution >= 0.6 is 0 Å². The van der Waals surface area contributed by atoms with E-state index in [-0.39, 0.29) is 4.90 Å². The highest BCUT2D eigenvalue weighted by Gasteiger charge is 2.18. The Kier molecular flexibility index (Phi) is 4.07. The molecule has 5 nitrogen and oxygen atoms in total.